The third kappa shape index (κ3) is 3.21. The summed E-state index contributed by atoms with van der Waals surface area (Å²) in [5.74, 6) is 0.709. The zero-order valence-electron chi connectivity index (χ0n) is 11.7. The van der Waals surface area contributed by atoms with Crippen LogP contribution in [-0.4, -0.2) is 30.5 Å². The summed E-state index contributed by atoms with van der Waals surface area (Å²) in [6, 6.07) is 0. The molecule has 0 amide bonds. The minimum Gasteiger partial charge on any atom is -0.387 e. The van der Waals surface area contributed by atoms with Gasteiger partial charge in [0.2, 0.25) is 0 Å². The molecule has 0 heterocycles. The lowest BCUT2D eigenvalue weighted by atomic mass is 9.61. The van der Waals surface area contributed by atoms with Gasteiger partial charge in [0.05, 0.1) is 12.2 Å². The molecule has 1 saturated carbocycles. The largest absolute Gasteiger partial charge is 0.387 e. The number of aliphatic hydroxyl groups is 1. The highest BCUT2D eigenvalue weighted by atomic mass is 16.5. The second kappa shape index (κ2) is 6.17. The maximum absolute atomic E-state index is 10.7. The average molecular weight is 243 g/mol. The predicted octanol–water partition coefficient (Wildman–Crippen LogP) is 2.32. The molecule has 3 atom stereocenters. The summed E-state index contributed by atoms with van der Waals surface area (Å²) in [5.41, 5.74) is 5.05. The number of rotatable bonds is 6. The van der Waals surface area contributed by atoms with Crippen molar-refractivity contribution in [1.29, 1.82) is 0 Å². The van der Waals surface area contributed by atoms with Gasteiger partial charge in [0.1, 0.15) is 0 Å². The summed E-state index contributed by atoms with van der Waals surface area (Å²) in [7, 11) is 0. The molecule has 0 aromatic heterocycles. The van der Waals surface area contributed by atoms with Crippen molar-refractivity contribution in [3.05, 3.63) is 0 Å². The van der Waals surface area contributed by atoms with Gasteiger partial charge < -0.3 is 15.6 Å². The van der Waals surface area contributed by atoms with Crippen LogP contribution in [0.15, 0.2) is 0 Å². The lowest BCUT2D eigenvalue weighted by molar-refractivity contribution is -0.136. The number of hydrogen-bond donors (Lipinski definition) is 2. The Labute approximate surface area is 106 Å². The maximum atomic E-state index is 10.7. The van der Waals surface area contributed by atoms with Gasteiger partial charge in [-0.05, 0) is 32.6 Å². The van der Waals surface area contributed by atoms with Crippen molar-refractivity contribution in [2.45, 2.75) is 58.5 Å². The minimum atomic E-state index is -0.800. The van der Waals surface area contributed by atoms with Crippen LogP contribution in [0.3, 0.4) is 0 Å². The predicted molar refractivity (Wildman–Crippen MR) is 70.9 cm³/mol. The van der Waals surface area contributed by atoms with E-state index in [1.54, 1.807) is 0 Å². The second-order valence-corrected chi connectivity index (χ2v) is 5.77. The van der Waals surface area contributed by atoms with E-state index < -0.39 is 5.60 Å². The van der Waals surface area contributed by atoms with Gasteiger partial charge in [-0.1, -0.05) is 26.2 Å². The molecule has 1 rings (SSSR count). The fraction of sp³-hybridized carbons (Fsp3) is 1.00. The maximum Gasteiger partial charge on any atom is 0.0920 e. The normalized spacial score (nSPS) is 33.4. The lowest BCUT2D eigenvalue weighted by Crippen LogP contribution is -2.55. The van der Waals surface area contributed by atoms with E-state index in [0.29, 0.717) is 25.7 Å². The first-order valence-corrected chi connectivity index (χ1v) is 7.01. The first-order chi connectivity index (χ1) is 8.01. The number of ether oxygens (including phenoxy) is 1. The van der Waals surface area contributed by atoms with E-state index >= 15 is 0 Å². The van der Waals surface area contributed by atoms with Crippen molar-refractivity contribution >= 4 is 0 Å². The van der Waals surface area contributed by atoms with Crippen LogP contribution in [0, 0.1) is 11.3 Å². The van der Waals surface area contributed by atoms with Gasteiger partial charge in [-0.3, -0.25) is 0 Å². The fourth-order valence-electron chi connectivity index (χ4n) is 3.18. The third-order valence-corrected chi connectivity index (χ3v) is 4.64. The summed E-state index contributed by atoms with van der Waals surface area (Å²) in [5, 5.41) is 10.7. The van der Waals surface area contributed by atoms with E-state index in [1.165, 1.54) is 19.3 Å². The molecule has 3 nitrogen and oxygen atoms in total. The molecule has 0 spiro atoms. The van der Waals surface area contributed by atoms with Crippen LogP contribution in [0.2, 0.25) is 0 Å². The summed E-state index contributed by atoms with van der Waals surface area (Å²) >= 11 is 0. The van der Waals surface area contributed by atoms with Crippen LogP contribution < -0.4 is 5.73 Å². The van der Waals surface area contributed by atoms with Crippen LogP contribution in [0.4, 0.5) is 0 Å². The topological polar surface area (TPSA) is 55.5 Å². The van der Waals surface area contributed by atoms with Gasteiger partial charge in [0, 0.05) is 18.6 Å². The quantitative estimate of drug-likeness (QED) is 0.752. The smallest absolute Gasteiger partial charge is 0.0920 e. The summed E-state index contributed by atoms with van der Waals surface area (Å²) in [4.78, 5) is 0. The zero-order valence-corrected chi connectivity index (χ0v) is 11.7. The second-order valence-electron chi connectivity index (χ2n) is 5.77. The van der Waals surface area contributed by atoms with Crippen molar-refractivity contribution in [2.24, 2.45) is 17.1 Å². The minimum absolute atomic E-state index is 0.152. The van der Waals surface area contributed by atoms with Crippen LogP contribution >= 0.6 is 0 Å². The summed E-state index contributed by atoms with van der Waals surface area (Å²) in [6.07, 6.45) is 5.72. The Morgan fingerprint density at radius 2 is 2.18 bits per heavy atom. The number of nitrogens with two attached hydrogens (primary N) is 1. The highest BCUT2D eigenvalue weighted by molar-refractivity contribution is 5.00. The van der Waals surface area contributed by atoms with Gasteiger partial charge in [0.25, 0.3) is 0 Å². The SMILES string of the molecule is CCOCC(C)(O)C1(CN)CCCC(CC)C1. The Balaban J connectivity index is 2.78. The molecule has 1 fully saturated rings. The average Bonchev–Trinajstić information content (AvgIpc) is 2.36. The molecular formula is C14H29NO2. The Morgan fingerprint density at radius 1 is 1.47 bits per heavy atom. The van der Waals surface area contributed by atoms with E-state index in [0.717, 1.165) is 12.8 Å². The van der Waals surface area contributed by atoms with Gasteiger partial charge >= 0.3 is 0 Å². The van der Waals surface area contributed by atoms with Gasteiger partial charge in [-0.15, -0.1) is 0 Å². The van der Waals surface area contributed by atoms with Gasteiger partial charge in [-0.25, -0.2) is 0 Å². The molecule has 17 heavy (non-hydrogen) atoms. The van der Waals surface area contributed by atoms with E-state index in [2.05, 4.69) is 6.92 Å². The van der Waals surface area contributed by atoms with E-state index in [9.17, 15) is 5.11 Å². The number of hydrogen-bond acceptors (Lipinski definition) is 3. The fourth-order valence-corrected chi connectivity index (χ4v) is 3.18. The van der Waals surface area contributed by atoms with E-state index in [1.807, 2.05) is 13.8 Å². The monoisotopic (exact) mass is 243 g/mol. The van der Waals surface area contributed by atoms with Crippen LogP contribution in [0.1, 0.15) is 52.9 Å². The Hall–Kier alpha value is -0.120. The molecule has 0 bridgehead atoms. The van der Waals surface area contributed by atoms with Crippen molar-refractivity contribution in [2.75, 3.05) is 19.8 Å². The molecule has 102 valence electrons. The Kier molecular flexibility index (Phi) is 5.42. The van der Waals surface area contributed by atoms with Crippen molar-refractivity contribution in [3.8, 4) is 0 Å². The molecule has 1 aliphatic carbocycles. The van der Waals surface area contributed by atoms with Gasteiger partial charge in [-0.2, -0.15) is 0 Å². The van der Waals surface area contributed by atoms with Crippen LogP contribution in [0.5, 0.6) is 0 Å². The Morgan fingerprint density at radius 3 is 2.71 bits per heavy atom. The highest BCUT2D eigenvalue weighted by Gasteiger charge is 2.48. The molecule has 0 radical (unpaired) electrons. The summed E-state index contributed by atoms with van der Waals surface area (Å²) in [6.45, 7) is 7.69. The molecular weight excluding hydrogens is 214 g/mol. The summed E-state index contributed by atoms with van der Waals surface area (Å²) < 4.78 is 5.44. The Bertz CT molecular complexity index is 230. The molecule has 0 aromatic carbocycles. The first kappa shape index (κ1) is 14.9. The highest BCUT2D eigenvalue weighted by Crippen LogP contribution is 2.47. The van der Waals surface area contributed by atoms with Crippen molar-refractivity contribution < 1.29 is 9.84 Å². The zero-order chi connectivity index (χ0) is 12.9. The molecule has 0 aliphatic heterocycles. The molecule has 0 aromatic rings. The molecule has 0 saturated heterocycles. The van der Waals surface area contributed by atoms with Crippen molar-refractivity contribution in [1.82, 2.24) is 0 Å². The van der Waals surface area contributed by atoms with Crippen molar-refractivity contribution in [3.63, 3.8) is 0 Å². The first-order valence-electron chi connectivity index (χ1n) is 7.01. The van der Waals surface area contributed by atoms with E-state index in [-0.39, 0.29) is 5.41 Å². The van der Waals surface area contributed by atoms with E-state index in [4.69, 9.17) is 10.5 Å². The third-order valence-electron chi connectivity index (χ3n) is 4.64. The molecule has 1 aliphatic rings. The molecule has 3 heteroatoms. The van der Waals surface area contributed by atoms with Gasteiger partial charge in [0.15, 0.2) is 0 Å². The molecule has 3 unspecified atom stereocenters. The van der Waals surface area contributed by atoms with Crippen LogP contribution in [0.25, 0.3) is 0 Å². The lowest BCUT2D eigenvalue weighted by Gasteiger charge is -2.49. The molecule has 3 N–H and O–H groups in total. The van der Waals surface area contributed by atoms with Crippen LogP contribution in [-0.2, 0) is 4.74 Å². The standard InChI is InChI=1S/C14H29NO2/c1-4-12-7-6-8-14(9-12,10-15)13(3,16)11-17-5-2/h12,16H,4-11,15H2,1-3H3.